The first-order valence-corrected chi connectivity index (χ1v) is 7.15. The molecule has 1 aliphatic heterocycles. The molecule has 0 spiro atoms. The van der Waals surface area contributed by atoms with Gasteiger partial charge in [-0.3, -0.25) is 0 Å². The van der Waals surface area contributed by atoms with Gasteiger partial charge in [0.25, 0.3) is 0 Å². The van der Waals surface area contributed by atoms with Crippen LogP contribution in [-0.2, 0) is 0 Å². The molecule has 0 aromatic heterocycles. The first-order chi connectivity index (χ1) is 8.57. The molecule has 1 heterocycles. The minimum absolute atomic E-state index is 0.475. The van der Waals surface area contributed by atoms with Crippen LogP contribution in [0.1, 0.15) is 26.7 Å². The number of rotatable bonds is 4. The second kappa shape index (κ2) is 5.94. The van der Waals surface area contributed by atoms with Gasteiger partial charge in [-0.2, -0.15) is 0 Å². The third-order valence-electron chi connectivity index (χ3n) is 3.60. The molecule has 2 rings (SSSR count). The number of nitrogens with one attached hydrogen (secondary N) is 1. The van der Waals surface area contributed by atoms with Crippen LogP contribution < -0.4 is 5.32 Å². The molecule has 1 saturated heterocycles. The van der Waals surface area contributed by atoms with Crippen molar-refractivity contribution < 1.29 is 0 Å². The van der Waals surface area contributed by atoms with Crippen molar-refractivity contribution in [3.8, 4) is 0 Å². The maximum Gasteiger partial charge on any atom is 0.0637 e. The van der Waals surface area contributed by atoms with E-state index in [2.05, 4.69) is 24.1 Å². The summed E-state index contributed by atoms with van der Waals surface area (Å²) in [4.78, 5) is 2.55. The van der Waals surface area contributed by atoms with Gasteiger partial charge in [0.15, 0.2) is 0 Å². The van der Waals surface area contributed by atoms with E-state index in [9.17, 15) is 0 Å². The summed E-state index contributed by atoms with van der Waals surface area (Å²) in [6.07, 6.45) is 2.67. The summed E-state index contributed by atoms with van der Waals surface area (Å²) in [5.74, 6) is 0. The summed E-state index contributed by atoms with van der Waals surface area (Å²) in [6.45, 7) is 9.21. The minimum Gasteiger partial charge on any atom is -0.383 e. The van der Waals surface area contributed by atoms with E-state index in [0.717, 1.165) is 23.8 Å². The number of likely N-dealkylation sites (tertiary alicyclic amines) is 1. The molecule has 0 aliphatic carbocycles. The van der Waals surface area contributed by atoms with E-state index in [1.54, 1.807) is 0 Å². The fourth-order valence-electron chi connectivity index (χ4n) is 2.69. The fraction of sp³-hybridized carbons (Fsp3) is 0.600. The Bertz CT molecular complexity index is 390. The Morgan fingerprint density at radius 2 is 2.11 bits per heavy atom. The van der Waals surface area contributed by atoms with Gasteiger partial charge in [0.1, 0.15) is 0 Å². The maximum atomic E-state index is 6.11. The molecule has 3 heteroatoms. The third-order valence-corrected chi connectivity index (χ3v) is 3.93. The first-order valence-electron chi connectivity index (χ1n) is 6.78. The van der Waals surface area contributed by atoms with Crippen LogP contribution in [0.4, 0.5) is 5.69 Å². The van der Waals surface area contributed by atoms with E-state index >= 15 is 0 Å². The predicted molar refractivity (Wildman–Crippen MR) is 79.4 cm³/mol. The topological polar surface area (TPSA) is 15.3 Å². The summed E-state index contributed by atoms with van der Waals surface area (Å²) in [7, 11) is 0. The van der Waals surface area contributed by atoms with Gasteiger partial charge in [0.05, 0.1) is 10.7 Å². The number of para-hydroxylation sites is 1. The van der Waals surface area contributed by atoms with E-state index in [4.69, 9.17) is 11.6 Å². The SMILES string of the molecule is CC1(C)CCCN(CCNc2ccccc2Cl)C1. The van der Waals surface area contributed by atoms with Crippen LogP contribution in [0.3, 0.4) is 0 Å². The van der Waals surface area contributed by atoms with Crippen molar-refractivity contribution in [1.29, 1.82) is 0 Å². The molecule has 2 nitrogen and oxygen atoms in total. The summed E-state index contributed by atoms with van der Waals surface area (Å²) in [5.41, 5.74) is 1.51. The van der Waals surface area contributed by atoms with Crippen LogP contribution in [0.2, 0.25) is 5.02 Å². The molecule has 1 aliphatic rings. The van der Waals surface area contributed by atoms with Crippen LogP contribution in [0.15, 0.2) is 24.3 Å². The monoisotopic (exact) mass is 266 g/mol. The second-order valence-corrected chi connectivity index (χ2v) is 6.36. The number of halogens is 1. The number of piperidine rings is 1. The number of hydrogen-bond acceptors (Lipinski definition) is 2. The Labute approximate surface area is 115 Å². The Hall–Kier alpha value is -0.730. The van der Waals surface area contributed by atoms with Crippen LogP contribution in [0.5, 0.6) is 0 Å². The molecule has 100 valence electrons. The maximum absolute atomic E-state index is 6.11. The molecular weight excluding hydrogens is 244 g/mol. The van der Waals surface area contributed by atoms with Gasteiger partial charge in [-0.1, -0.05) is 37.6 Å². The molecule has 18 heavy (non-hydrogen) atoms. The van der Waals surface area contributed by atoms with Crippen molar-refractivity contribution in [3.05, 3.63) is 29.3 Å². The van der Waals surface area contributed by atoms with Gasteiger partial charge >= 0.3 is 0 Å². The van der Waals surface area contributed by atoms with Gasteiger partial charge in [0.2, 0.25) is 0 Å². The van der Waals surface area contributed by atoms with Crippen molar-refractivity contribution in [2.75, 3.05) is 31.5 Å². The molecule has 0 bridgehead atoms. The van der Waals surface area contributed by atoms with Crippen molar-refractivity contribution in [2.24, 2.45) is 5.41 Å². The lowest BCUT2D eigenvalue weighted by atomic mass is 9.84. The molecular formula is C15H23ClN2. The summed E-state index contributed by atoms with van der Waals surface area (Å²) in [6, 6.07) is 7.93. The normalized spacial score (nSPS) is 19.7. The minimum atomic E-state index is 0.475. The average molecular weight is 267 g/mol. The lowest BCUT2D eigenvalue weighted by Crippen LogP contribution is -2.42. The zero-order chi connectivity index (χ0) is 13.0. The van der Waals surface area contributed by atoms with Crippen molar-refractivity contribution in [3.63, 3.8) is 0 Å². The smallest absolute Gasteiger partial charge is 0.0637 e. The van der Waals surface area contributed by atoms with E-state index in [0.29, 0.717) is 5.41 Å². The zero-order valence-electron chi connectivity index (χ0n) is 11.4. The molecule has 0 atom stereocenters. The molecule has 0 unspecified atom stereocenters. The van der Waals surface area contributed by atoms with Crippen LogP contribution in [0.25, 0.3) is 0 Å². The Morgan fingerprint density at radius 1 is 1.33 bits per heavy atom. The van der Waals surface area contributed by atoms with Gasteiger partial charge in [-0.15, -0.1) is 0 Å². The van der Waals surface area contributed by atoms with E-state index in [1.165, 1.54) is 25.9 Å². The highest BCUT2D eigenvalue weighted by atomic mass is 35.5. The van der Waals surface area contributed by atoms with Crippen molar-refractivity contribution in [1.82, 2.24) is 4.90 Å². The van der Waals surface area contributed by atoms with Gasteiger partial charge in [-0.25, -0.2) is 0 Å². The lowest BCUT2D eigenvalue weighted by molar-refractivity contribution is 0.122. The Balaban J connectivity index is 1.77. The molecule has 1 aromatic carbocycles. The number of nitrogens with zero attached hydrogens (tertiary/aromatic N) is 1. The van der Waals surface area contributed by atoms with Gasteiger partial charge < -0.3 is 10.2 Å². The predicted octanol–water partition coefficient (Wildman–Crippen LogP) is 3.87. The number of hydrogen-bond donors (Lipinski definition) is 1. The first kappa shape index (κ1) is 13.7. The summed E-state index contributed by atoms with van der Waals surface area (Å²) < 4.78 is 0. The van der Waals surface area contributed by atoms with Gasteiger partial charge in [0, 0.05) is 19.6 Å². The van der Waals surface area contributed by atoms with Crippen molar-refractivity contribution >= 4 is 17.3 Å². The standard InChI is InChI=1S/C15H23ClN2/c1-15(2)8-5-10-18(12-15)11-9-17-14-7-4-3-6-13(14)16/h3-4,6-7,17H,5,8-12H2,1-2H3. The summed E-state index contributed by atoms with van der Waals surface area (Å²) >= 11 is 6.11. The molecule has 0 saturated carbocycles. The molecule has 0 amide bonds. The highest BCUT2D eigenvalue weighted by Gasteiger charge is 2.25. The average Bonchev–Trinajstić information content (AvgIpc) is 2.30. The highest BCUT2D eigenvalue weighted by Crippen LogP contribution is 2.28. The Morgan fingerprint density at radius 3 is 2.83 bits per heavy atom. The van der Waals surface area contributed by atoms with Crippen LogP contribution in [-0.4, -0.2) is 31.1 Å². The lowest BCUT2D eigenvalue weighted by Gasteiger charge is -2.38. The van der Waals surface area contributed by atoms with E-state index in [1.807, 2.05) is 24.3 Å². The van der Waals surface area contributed by atoms with E-state index < -0.39 is 0 Å². The van der Waals surface area contributed by atoms with Gasteiger partial charge in [-0.05, 0) is 36.9 Å². The molecule has 1 aromatic rings. The van der Waals surface area contributed by atoms with Crippen molar-refractivity contribution in [2.45, 2.75) is 26.7 Å². The fourth-order valence-corrected chi connectivity index (χ4v) is 2.89. The molecule has 0 radical (unpaired) electrons. The molecule has 1 N–H and O–H groups in total. The highest BCUT2D eigenvalue weighted by molar-refractivity contribution is 6.33. The van der Waals surface area contributed by atoms with E-state index in [-0.39, 0.29) is 0 Å². The number of benzene rings is 1. The quantitative estimate of drug-likeness (QED) is 0.890. The molecule has 1 fully saturated rings. The largest absolute Gasteiger partial charge is 0.383 e. The zero-order valence-corrected chi connectivity index (χ0v) is 12.1. The van der Waals surface area contributed by atoms with Crippen LogP contribution >= 0.6 is 11.6 Å². The summed E-state index contributed by atoms with van der Waals surface area (Å²) in [5, 5.41) is 4.22. The van der Waals surface area contributed by atoms with Crippen LogP contribution in [0, 0.1) is 5.41 Å². The Kier molecular flexibility index (Phi) is 4.52. The number of anilines is 1. The second-order valence-electron chi connectivity index (χ2n) is 5.95. The third kappa shape index (κ3) is 3.89.